The van der Waals surface area contributed by atoms with E-state index in [9.17, 15) is 18.5 Å². The number of nitro groups is 1. The van der Waals surface area contributed by atoms with Gasteiger partial charge in [0.2, 0.25) is 0 Å². The van der Waals surface area contributed by atoms with Crippen LogP contribution in [-0.4, -0.2) is 34.1 Å². The van der Waals surface area contributed by atoms with Gasteiger partial charge in [0.05, 0.1) is 41.3 Å². The maximum atomic E-state index is 13.4. The van der Waals surface area contributed by atoms with Crippen molar-refractivity contribution in [2.24, 2.45) is 0 Å². The van der Waals surface area contributed by atoms with Crippen molar-refractivity contribution < 1.29 is 22.8 Å². The van der Waals surface area contributed by atoms with Crippen molar-refractivity contribution in [2.45, 2.75) is 11.8 Å². The van der Waals surface area contributed by atoms with Crippen molar-refractivity contribution in [2.75, 3.05) is 25.1 Å². The molecule has 0 radical (unpaired) electrons. The Morgan fingerprint density at radius 1 is 1.21 bits per heavy atom. The van der Waals surface area contributed by atoms with Crippen LogP contribution < -0.4 is 13.8 Å². The predicted molar refractivity (Wildman–Crippen MR) is 107 cm³/mol. The summed E-state index contributed by atoms with van der Waals surface area (Å²) in [7, 11) is -1.42. The second-order valence-electron chi connectivity index (χ2n) is 5.69. The quantitative estimate of drug-likeness (QED) is 0.360. The maximum absolute atomic E-state index is 13.4. The number of rotatable bonds is 8. The van der Waals surface area contributed by atoms with Crippen molar-refractivity contribution in [1.82, 2.24) is 0 Å². The van der Waals surface area contributed by atoms with E-state index in [1.165, 1.54) is 44.6 Å². The molecule has 0 spiro atoms. The average molecular weight is 427 g/mol. The molecular weight excluding hydrogens is 408 g/mol. The fourth-order valence-electron chi connectivity index (χ4n) is 2.58. The van der Waals surface area contributed by atoms with Gasteiger partial charge in [-0.1, -0.05) is 23.7 Å². The normalized spacial score (nSPS) is 11.0. The SMILES string of the molecule is C=CCN(c1cc(OC)c(Cl)cc1OC)S(=O)(=O)c1cc([N+](=O)[O-])ccc1C. The highest BCUT2D eigenvalue weighted by atomic mass is 35.5. The molecule has 2 aromatic rings. The van der Waals surface area contributed by atoms with E-state index in [0.717, 1.165) is 10.4 Å². The van der Waals surface area contributed by atoms with Crippen molar-refractivity contribution in [3.63, 3.8) is 0 Å². The molecule has 0 unspecified atom stereocenters. The summed E-state index contributed by atoms with van der Waals surface area (Å²) in [5.41, 5.74) is 0.192. The first-order chi connectivity index (χ1) is 13.2. The number of non-ortho nitro benzene ring substituents is 1. The first-order valence-corrected chi connectivity index (χ1v) is 9.79. The van der Waals surface area contributed by atoms with Crippen LogP contribution in [0.15, 0.2) is 47.9 Å². The number of nitrogens with zero attached hydrogens (tertiary/aromatic N) is 2. The Morgan fingerprint density at radius 3 is 2.39 bits per heavy atom. The number of benzene rings is 2. The van der Waals surface area contributed by atoms with Gasteiger partial charge in [0.1, 0.15) is 11.5 Å². The van der Waals surface area contributed by atoms with Crippen molar-refractivity contribution in [1.29, 1.82) is 0 Å². The highest BCUT2D eigenvalue weighted by Gasteiger charge is 2.30. The second kappa shape index (κ2) is 8.49. The summed E-state index contributed by atoms with van der Waals surface area (Å²) in [5, 5.41) is 11.3. The lowest BCUT2D eigenvalue weighted by Crippen LogP contribution is -2.32. The lowest BCUT2D eigenvalue weighted by molar-refractivity contribution is -0.385. The van der Waals surface area contributed by atoms with Crippen LogP contribution in [0.25, 0.3) is 0 Å². The van der Waals surface area contributed by atoms with Crippen LogP contribution in [0.3, 0.4) is 0 Å². The number of hydrogen-bond donors (Lipinski definition) is 0. The minimum absolute atomic E-state index is 0.106. The standard InChI is InChI=1S/C18H19ClN2O6S/c1-5-8-20(15-11-16(26-3)14(19)10-17(15)27-4)28(24,25)18-9-13(21(22)23)7-6-12(18)2/h5-7,9-11H,1,8H2,2-4H3. The number of sulfonamides is 1. The van der Waals surface area contributed by atoms with E-state index in [2.05, 4.69) is 6.58 Å². The maximum Gasteiger partial charge on any atom is 0.270 e. The van der Waals surface area contributed by atoms with Gasteiger partial charge in [0.25, 0.3) is 15.7 Å². The molecule has 2 rings (SSSR count). The largest absolute Gasteiger partial charge is 0.495 e. The van der Waals surface area contributed by atoms with Crippen molar-refractivity contribution >= 4 is 33.0 Å². The van der Waals surface area contributed by atoms with E-state index in [0.29, 0.717) is 5.56 Å². The third kappa shape index (κ3) is 4.05. The van der Waals surface area contributed by atoms with E-state index >= 15 is 0 Å². The van der Waals surface area contributed by atoms with E-state index in [-0.39, 0.29) is 39.3 Å². The van der Waals surface area contributed by atoms with E-state index < -0.39 is 14.9 Å². The molecule has 0 amide bonds. The Labute approximate surface area is 168 Å². The van der Waals surface area contributed by atoms with Gasteiger partial charge in [-0.15, -0.1) is 6.58 Å². The Kier molecular flexibility index (Phi) is 6.52. The van der Waals surface area contributed by atoms with Crippen LogP contribution in [0.4, 0.5) is 11.4 Å². The fraction of sp³-hybridized carbons (Fsp3) is 0.222. The third-order valence-electron chi connectivity index (χ3n) is 3.97. The lowest BCUT2D eigenvalue weighted by Gasteiger charge is -2.26. The van der Waals surface area contributed by atoms with Gasteiger partial charge in [-0.2, -0.15) is 0 Å². The van der Waals surface area contributed by atoms with E-state index in [4.69, 9.17) is 21.1 Å². The molecule has 10 heteroatoms. The highest BCUT2D eigenvalue weighted by Crippen LogP contribution is 2.40. The van der Waals surface area contributed by atoms with Crippen molar-refractivity contribution in [3.8, 4) is 11.5 Å². The lowest BCUT2D eigenvalue weighted by atomic mass is 10.2. The number of halogens is 1. The predicted octanol–water partition coefficient (Wildman–Crippen LogP) is 3.96. The molecule has 28 heavy (non-hydrogen) atoms. The molecule has 0 heterocycles. The van der Waals surface area contributed by atoms with Crippen LogP contribution in [0.1, 0.15) is 5.56 Å². The van der Waals surface area contributed by atoms with E-state index in [1.807, 2.05) is 0 Å². The zero-order valence-electron chi connectivity index (χ0n) is 15.5. The highest BCUT2D eigenvalue weighted by molar-refractivity contribution is 7.93. The molecule has 0 saturated carbocycles. The summed E-state index contributed by atoms with van der Waals surface area (Å²) in [6, 6.07) is 6.52. The zero-order chi connectivity index (χ0) is 21.1. The van der Waals surface area contributed by atoms with Crippen LogP contribution in [0, 0.1) is 17.0 Å². The monoisotopic (exact) mass is 426 g/mol. The fourth-order valence-corrected chi connectivity index (χ4v) is 4.50. The number of aryl methyl sites for hydroxylation is 1. The average Bonchev–Trinajstić information content (AvgIpc) is 2.65. The molecule has 0 aliphatic rings. The molecule has 2 aromatic carbocycles. The third-order valence-corrected chi connectivity index (χ3v) is 6.18. The van der Waals surface area contributed by atoms with E-state index in [1.54, 1.807) is 6.92 Å². The molecule has 0 aliphatic carbocycles. The molecule has 0 bridgehead atoms. The summed E-state index contributed by atoms with van der Waals surface area (Å²) in [6.07, 6.45) is 1.39. The van der Waals surface area contributed by atoms with Crippen LogP contribution in [-0.2, 0) is 10.0 Å². The minimum Gasteiger partial charge on any atom is -0.495 e. The number of hydrogen-bond acceptors (Lipinski definition) is 6. The summed E-state index contributed by atoms with van der Waals surface area (Å²) >= 11 is 6.11. The van der Waals surface area contributed by atoms with Crippen LogP contribution >= 0.6 is 11.6 Å². The number of nitro benzene ring substituents is 1. The van der Waals surface area contributed by atoms with Gasteiger partial charge in [-0.25, -0.2) is 8.42 Å². The van der Waals surface area contributed by atoms with Crippen molar-refractivity contribution in [3.05, 3.63) is 63.7 Å². The van der Waals surface area contributed by atoms with Crippen LogP contribution in [0.5, 0.6) is 11.5 Å². The second-order valence-corrected chi connectivity index (χ2v) is 7.93. The number of methoxy groups -OCH3 is 2. The zero-order valence-corrected chi connectivity index (χ0v) is 17.1. The molecule has 8 nitrogen and oxygen atoms in total. The summed E-state index contributed by atoms with van der Waals surface area (Å²) < 4.78 is 38.3. The van der Waals surface area contributed by atoms with Gasteiger partial charge >= 0.3 is 0 Å². The summed E-state index contributed by atoms with van der Waals surface area (Å²) in [6.45, 7) is 5.06. The first-order valence-electron chi connectivity index (χ1n) is 7.97. The molecule has 0 aliphatic heterocycles. The van der Waals surface area contributed by atoms with Crippen LogP contribution in [0.2, 0.25) is 5.02 Å². The summed E-state index contributed by atoms with van der Waals surface area (Å²) in [4.78, 5) is 10.3. The van der Waals surface area contributed by atoms with Gasteiger partial charge in [-0.05, 0) is 12.5 Å². The molecule has 0 aromatic heterocycles. The molecule has 0 saturated heterocycles. The molecule has 0 N–H and O–H groups in total. The summed E-state index contributed by atoms with van der Waals surface area (Å²) in [5.74, 6) is 0.441. The van der Waals surface area contributed by atoms with Gasteiger partial charge < -0.3 is 9.47 Å². The van der Waals surface area contributed by atoms with Gasteiger partial charge in [0.15, 0.2) is 0 Å². The Bertz CT molecular complexity index is 1020. The Morgan fingerprint density at radius 2 is 1.86 bits per heavy atom. The van der Waals surface area contributed by atoms with Gasteiger partial charge in [-0.3, -0.25) is 14.4 Å². The molecule has 0 fully saturated rings. The number of anilines is 1. The Balaban J connectivity index is 2.75. The smallest absolute Gasteiger partial charge is 0.270 e. The first kappa shape index (κ1) is 21.5. The minimum atomic E-state index is -4.19. The number of ether oxygens (including phenoxy) is 2. The molecule has 0 atom stereocenters. The molecular formula is C18H19ClN2O6S. The van der Waals surface area contributed by atoms with Gasteiger partial charge in [0, 0.05) is 24.3 Å². The Hall–Kier alpha value is -2.78. The molecule has 150 valence electrons. The topological polar surface area (TPSA) is 99.0 Å².